The number of nitrogens with zero attached hydrogens (tertiary/aromatic N) is 5. The lowest BCUT2D eigenvalue weighted by molar-refractivity contribution is -0.115. The molecule has 1 unspecified atom stereocenters. The van der Waals surface area contributed by atoms with Gasteiger partial charge in [-0.2, -0.15) is 0 Å². The molecule has 0 aliphatic carbocycles. The third-order valence-electron chi connectivity index (χ3n) is 5.39. The van der Waals surface area contributed by atoms with Crippen molar-refractivity contribution in [1.82, 2.24) is 24.3 Å². The minimum atomic E-state index is -0.777. The first kappa shape index (κ1) is 24.4. The van der Waals surface area contributed by atoms with Crippen molar-refractivity contribution in [3.63, 3.8) is 0 Å². The number of thioether (sulfide) groups is 1. The van der Waals surface area contributed by atoms with Crippen molar-refractivity contribution in [2.75, 3.05) is 5.32 Å². The minimum absolute atomic E-state index is 0.179. The number of hydrogen-bond donors (Lipinski definition) is 1. The molecular formula is C24H26N6O4S. The third-order valence-corrected chi connectivity index (χ3v) is 6.63. The van der Waals surface area contributed by atoms with E-state index in [9.17, 15) is 14.4 Å². The summed E-state index contributed by atoms with van der Waals surface area (Å²) >= 11 is 1.12. The summed E-state index contributed by atoms with van der Waals surface area (Å²) in [7, 11) is 2.97. The van der Waals surface area contributed by atoms with Crippen LogP contribution in [0.1, 0.15) is 43.2 Å². The Morgan fingerprint density at radius 3 is 2.37 bits per heavy atom. The van der Waals surface area contributed by atoms with Gasteiger partial charge in [0.2, 0.25) is 5.91 Å². The average Bonchev–Trinajstić information content (AvgIpc) is 3.23. The number of nitrogens with one attached hydrogen (secondary N) is 1. The van der Waals surface area contributed by atoms with Crippen LogP contribution in [0, 0.1) is 6.92 Å². The second-order valence-electron chi connectivity index (χ2n) is 9.23. The summed E-state index contributed by atoms with van der Waals surface area (Å²) in [5.74, 6) is 0.941. The molecule has 0 saturated heterocycles. The summed E-state index contributed by atoms with van der Waals surface area (Å²) in [6, 6.07) is 10.8. The zero-order chi connectivity index (χ0) is 25.5. The fourth-order valence-electron chi connectivity index (χ4n) is 3.48. The molecule has 11 heteroatoms. The highest BCUT2D eigenvalue weighted by molar-refractivity contribution is 8.00. The fourth-order valence-corrected chi connectivity index (χ4v) is 4.60. The lowest BCUT2D eigenvalue weighted by Crippen LogP contribution is -2.38. The Labute approximate surface area is 205 Å². The van der Waals surface area contributed by atoms with Gasteiger partial charge in [0.1, 0.15) is 27.2 Å². The standard InChI is InChI=1S/C24H26N6O4S/c1-13-12-15(28-34-13)25-19(31)17(14-10-8-7-9-11-14)35-20-16-18(26-22(27-20)24(2,3)4)29(5)23(33)30(6)21(16)32/h7-12,17H,1-6H3,(H,25,28,31). The van der Waals surface area contributed by atoms with E-state index >= 15 is 0 Å². The van der Waals surface area contributed by atoms with Crippen molar-refractivity contribution in [2.45, 2.75) is 43.4 Å². The van der Waals surface area contributed by atoms with Crippen LogP contribution in [0.4, 0.5) is 5.82 Å². The molecule has 0 aliphatic rings. The average molecular weight is 495 g/mol. The third kappa shape index (κ3) is 4.76. The van der Waals surface area contributed by atoms with E-state index < -0.39 is 21.9 Å². The Morgan fingerprint density at radius 1 is 1.09 bits per heavy atom. The van der Waals surface area contributed by atoms with E-state index in [1.165, 1.54) is 11.6 Å². The second-order valence-corrected chi connectivity index (χ2v) is 10.3. The number of rotatable bonds is 5. The highest BCUT2D eigenvalue weighted by atomic mass is 32.2. The van der Waals surface area contributed by atoms with Crippen LogP contribution in [0.25, 0.3) is 11.0 Å². The van der Waals surface area contributed by atoms with Gasteiger partial charge in [0.05, 0.1) is 0 Å². The van der Waals surface area contributed by atoms with Crippen LogP contribution in [-0.4, -0.2) is 30.2 Å². The van der Waals surface area contributed by atoms with Crippen molar-refractivity contribution in [1.29, 1.82) is 0 Å². The number of aryl methyl sites for hydroxylation is 2. The quantitative estimate of drug-likeness (QED) is 0.331. The minimum Gasteiger partial charge on any atom is -0.360 e. The number of hydrogen-bond acceptors (Lipinski definition) is 8. The predicted molar refractivity (Wildman–Crippen MR) is 134 cm³/mol. The molecule has 0 aliphatic heterocycles. The summed E-state index contributed by atoms with van der Waals surface area (Å²) in [4.78, 5) is 48.5. The van der Waals surface area contributed by atoms with Gasteiger partial charge >= 0.3 is 5.69 Å². The zero-order valence-electron chi connectivity index (χ0n) is 20.3. The Kier molecular flexibility index (Phi) is 6.37. The van der Waals surface area contributed by atoms with Gasteiger partial charge in [-0.15, -0.1) is 0 Å². The summed E-state index contributed by atoms with van der Waals surface area (Å²) in [6.45, 7) is 7.55. The fraction of sp³-hybridized carbons (Fsp3) is 0.333. The molecule has 0 spiro atoms. The van der Waals surface area contributed by atoms with E-state index in [2.05, 4.69) is 15.5 Å². The molecule has 1 amide bonds. The largest absolute Gasteiger partial charge is 0.360 e. The molecule has 10 nitrogen and oxygen atoms in total. The molecule has 1 aromatic carbocycles. The van der Waals surface area contributed by atoms with Gasteiger partial charge in [-0.05, 0) is 12.5 Å². The highest BCUT2D eigenvalue weighted by Gasteiger charge is 2.29. The molecular weight excluding hydrogens is 468 g/mol. The smallest absolute Gasteiger partial charge is 0.332 e. The lowest BCUT2D eigenvalue weighted by Gasteiger charge is -2.21. The molecule has 0 fully saturated rings. The Bertz CT molecular complexity index is 1530. The second kappa shape index (κ2) is 9.14. The predicted octanol–water partition coefficient (Wildman–Crippen LogP) is 3.09. The van der Waals surface area contributed by atoms with Crippen LogP contribution in [-0.2, 0) is 24.3 Å². The number of anilines is 1. The van der Waals surface area contributed by atoms with Crippen LogP contribution >= 0.6 is 11.8 Å². The van der Waals surface area contributed by atoms with E-state index in [1.807, 2.05) is 51.1 Å². The van der Waals surface area contributed by atoms with E-state index in [-0.39, 0.29) is 22.8 Å². The van der Waals surface area contributed by atoms with Crippen molar-refractivity contribution < 1.29 is 9.32 Å². The summed E-state index contributed by atoms with van der Waals surface area (Å²) < 4.78 is 7.41. The maximum absolute atomic E-state index is 13.4. The van der Waals surface area contributed by atoms with Gasteiger partial charge < -0.3 is 9.84 Å². The lowest BCUT2D eigenvalue weighted by atomic mass is 9.96. The van der Waals surface area contributed by atoms with Crippen LogP contribution in [0.3, 0.4) is 0 Å². The van der Waals surface area contributed by atoms with E-state index in [1.54, 1.807) is 20.0 Å². The van der Waals surface area contributed by atoms with Gasteiger partial charge in [-0.25, -0.2) is 14.8 Å². The van der Waals surface area contributed by atoms with Gasteiger partial charge in [0, 0.05) is 25.6 Å². The Hall–Kier alpha value is -3.73. The number of amides is 1. The molecule has 3 heterocycles. The molecule has 0 radical (unpaired) electrons. The number of carbonyl (C=O) groups is 1. The van der Waals surface area contributed by atoms with Crippen molar-refractivity contribution in [2.24, 2.45) is 14.1 Å². The molecule has 4 rings (SSSR count). The van der Waals surface area contributed by atoms with Gasteiger partial charge in [0.25, 0.3) is 5.56 Å². The van der Waals surface area contributed by atoms with E-state index in [0.29, 0.717) is 22.2 Å². The van der Waals surface area contributed by atoms with Gasteiger partial charge in [-0.3, -0.25) is 18.7 Å². The summed E-state index contributed by atoms with van der Waals surface area (Å²) in [5, 5.41) is 6.34. The molecule has 1 atom stereocenters. The molecule has 182 valence electrons. The van der Waals surface area contributed by atoms with Crippen molar-refractivity contribution in [3.05, 3.63) is 74.4 Å². The molecule has 1 N–H and O–H groups in total. The molecule has 4 aromatic rings. The summed E-state index contributed by atoms with van der Waals surface area (Å²) in [5.41, 5.74) is -0.550. The summed E-state index contributed by atoms with van der Waals surface area (Å²) in [6.07, 6.45) is 0. The van der Waals surface area contributed by atoms with Gasteiger partial charge in [0.15, 0.2) is 11.5 Å². The molecule has 3 aromatic heterocycles. The first-order chi connectivity index (χ1) is 16.5. The first-order valence-electron chi connectivity index (χ1n) is 10.9. The molecule has 0 saturated carbocycles. The zero-order valence-corrected chi connectivity index (χ0v) is 21.1. The van der Waals surface area contributed by atoms with E-state index in [4.69, 9.17) is 9.51 Å². The maximum atomic E-state index is 13.4. The van der Waals surface area contributed by atoms with Crippen LogP contribution in [0.5, 0.6) is 0 Å². The topological polar surface area (TPSA) is 125 Å². The van der Waals surface area contributed by atoms with Crippen molar-refractivity contribution >= 4 is 34.5 Å². The maximum Gasteiger partial charge on any atom is 0.332 e. The number of carbonyl (C=O) groups excluding carboxylic acids is 1. The van der Waals surface area contributed by atoms with Crippen LogP contribution in [0.15, 0.2) is 55.5 Å². The Balaban J connectivity index is 1.91. The van der Waals surface area contributed by atoms with Gasteiger partial charge in [-0.1, -0.05) is 68.0 Å². The molecule has 35 heavy (non-hydrogen) atoms. The Morgan fingerprint density at radius 2 is 1.77 bits per heavy atom. The SMILES string of the molecule is Cc1cc(NC(=O)C(Sc2nc(C(C)(C)C)nc3c2c(=O)n(C)c(=O)n3C)c2ccccc2)no1. The number of fused-ring (bicyclic) bond motifs is 1. The number of aromatic nitrogens is 5. The first-order valence-corrected chi connectivity index (χ1v) is 11.8. The number of benzene rings is 1. The monoisotopic (exact) mass is 494 g/mol. The van der Waals surface area contributed by atoms with E-state index in [0.717, 1.165) is 16.3 Å². The van der Waals surface area contributed by atoms with Crippen LogP contribution in [0.2, 0.25) is 0 Å². The molecule has 0 bridgehead atoms. The normalized spacial score (nSPS) is 12.6. The van der Waals surface area contributed by atoms with Crippen LogP contribution < -0.4 is 16.6 Å². The van der Waals surface area contributed by atoms with Crippen molar-refractivity contribution in [3.8, 4) is 0 Å². The highest BCUT2D eigenvalue weighted by Crippen LogP contribution is 2.38.